The lowest BCUT2D eigenvalue weighted by Crippen LogP contribution is -2.08. The SMILES string of the molecule is CC(Cl)=CCC(C=O)C(C)C. The van der Waals surface area contributed by atoms with E-state index in [1.807, 2.05) is 26.8 Å². The van der Waals surface area contributed by atoms with E-state index in [2.05, 4.69) is 0 Å². The van der Waals surface area contributed by atoms with Gasteiger partial charge in [-0.25, -0.2) is 0 Å². The monoisotopic (exact) mass is 174 g/mol. The summed E-state index contributed by atoms with van der Waals surface area (Å²) in [7, 11) is 0. The lowest BCUT2D eigenvalue weighted by atomic mass is 9.94. The van der Waals surface area contributed by atoms with Crippen LogP contribution in [0.2, 0.25) is 0 Å². The molecule has 0 aliphatic rings. The van der Waals surface area contributed by atoms with Gasteiger partial charge in [-0.15, -0.1) is 0 Å². The first-order chi connectivity index (χ1) is 5.07. The molecule has 0 aromatic heterocycles. The largest absolute Gasteiger partial charge is 0.303 e. The van der Waals surface area contributed by atoms with E-state index in [0.29, 0.717) is 5.92 Å². The number of allylic oxidation sites excluding steroid dienone is 2. The van der Waals surface area contributed by atoms with Crippen molar-refractivity contribution >= 4 is 17.9 Å². The molecule has 0 N–H and O–H groups in total. The smallest absolute Gasteiger partial charge is 0.123 e. The first kappa shape index (κ1) is 10.7. The van der Waals surface area contributed by atoms with Crippen LogP contribution in [0.1, 0.15) is 27.2 Å². The Balaban J connectivity index is 3.89. The number of carbonyl (C=O) groups excluding carboxylic acids is 1. The number of hydrogen-bond donors (Lipinski definition) is 0. The zero-order valence-corrected chi connectivity index (χ0v) is 8.06. The molecule has 1 atom stereocenters. The van der Waals surface area contributed by atoms with Crippen LogP contribution in [-0.4, -0.2) is 6.29 Å². The fourth-order valence-corrected chi connectivity index (χ4v) is 0.872. The van der Waals surface area contributed by atoms with Gasteiger partial charge in [0.1, 0.15) is 6.29 Å². The quantitative estimate of drug-likeness (QED) is 0.599. The van der Waals surface area contributed by atoms with Gasteiger partial charge in [-0.1, -0.05) is 31.5 Å². The van der Waals surface area contributed by atoms with Gasteiger partial charge in [0.15, 0.2) is 0 Å². The minimum Gasteiger partial charge on any atom is -0.303 e. The van der Waals surface area contributed by atoms with E-state index in [4.69, 9.17) is 11.6 Å². The van der Waals surface area contributed by atoms with Crippen molar-refractivity contribution < 1.29 is 4.79 Å². The van der Waals surface area contributed by atoms with Gasteiger partial charge in [-0.2, -0.15) is 0 Å². The van der Waals surface area contributed by atoms with Crippen LogP contribution in [0.4, 0.5) is 0 Å². The molecule has 0 amide bonds. The van der Waals surface area contributed by atoms with Gasteiger partial charge in [0.05, 0.1) is 0 Å². The fourth-order valence-electron chi connectivity index (χ4n) is 0.783. The van der Waals surface area contributed by atoms with Crippen molar-refractivity contribution in [1.82, 2.24) is 0 Å². The van der Waals surface area contributed by atoms with Crippen molar-refractivity contribution in [1.29, 1.82) is 0 Å². The summed E-state index contributed by atoms with van der Waals surface area (Å²) in [6.07, 6.45) is 3.65. The van der Waals surface area contributed by atoms with Crippen LogP contribution in [0.3, 0.4) is 0 Å². The second kappa shape index (κ2) is 5.36. The van der Waals surface area contributed by atoms with E-state index >= 15 is 0 Å². The first-order valence-corrected chi connectivity index (χ1v) is 4.23. The summed E-state index contributed by atoms with van der Waals surface area (Å²) in [5, 5.41) is 0.762. The van der Waals surface area contributed by atoms with E-state index in [1.54, 1.807) is 0 Å². The Bertz CT molecular complexity index is 146. The van der Waals surface area contributed by atoms with Crippen LogP contribution in [0, 0.1) is 11.8 Å². The second-order valence-electron chi connectivity index (χ2n) is 3.07. The molecule has 0 aromatic rings. The highest BCUT2D eigenvalue weighted by molar-refractivity contribution is 6.29. The standard InChI is InChI=1S/C9H15ClO/c1-7(2)9(6-11)5-4-8(3)10/h4,6-7,9H,5H2,1-3H3. The van der Waals surface area contributed by atoms with Crippen molar-refractivity contribution in [3.63, 3.8) is 0 Å². The summed E-state index contributed by atoms with van der Waals surface area (Å²) in [5.41, 5.74) is 0. The van der Waals surface area contributed by atoms with Gasteiger partial charge in [-0.3, -0.25) is 0 Å². The van der Waals surface area contributed by atoms with E-state index in [0.717, 1.165) is 17.7 Å². The van der Waals surface area contributed by atoms with Gasteiger partial charge in [0.25, 0.3) is 0 Å². The topological polar surface area (TPSA) is 17.1 Å². The normalized spacial score (nSPS) is 15.2. The minimum absolute atomic E-state index is 0.115. The Morgan fingerprint density at radius 2 is 2.09 bits per heavy atom. The number of rotatable bonds is 4. The third-order valence-corrected chi connectivity index (χ3v) is 1.86. The summed E-state index contributed by atoms with van der Waals surface area (Å²) in [5.74, 6) is 0.517. The van der Waals surface area contributed by atoms with Crippen molar-refractivity contribution in [2.45, 2.75) is 27.2 Å². The van der Waals surface area contributed by atoms with Gasteiger partial charge in [-0.05, 0) is 19.3 Å². The maximum atomic E-state index is 10.5. The third-order valence-electron chi connectivity index (χ3n) is 1.70. The molecule has 2 heteroatoms. The molecule has 1 nitrogen and oxygen atoms in total. The summed E-state index contributed by atoms with van der Waals surface area (Å²) in [4.78, 5) is 10.5. The van der Waals surface area contributed by atoms with Crippen molar-refractivity contribution in [3.05, 3.63) is 11.1 Å². The van der Waals surface area contributed by atoms with Gasteiger partial charge in [0.2, 0.25) is 0 Å². The number of aldehydes is 1. The molecule has 64 valence electrons. The predicted octanol–water partition coefficient (Wildman–Crippen LogP) is 2.99. The summed E-state index contributed by atoms with van der Waals surface area (Å²) < 4.78 is 0. The lowest BCUT2D eigenvalue weighted by molar-refractivity contribution is -0.112. The van der Waals surface area contributed by atoms with E-state index in [-0.39, 0.29) is 5.92 Å². The zero-order chi connectivity index (χ0) is 8.85. The summed E-state index contributed by atoms with van der Waals surface area (Å²) >= 11 is 5.63. The van der Waals surface area contributed by atoms with Crippen molar-refractivity contribution in [3.8, 4) is 0 Å². The maximum Gasteiger partial charge on any atom is 0.123 e. The van der Waals surface area contributed by atoms with Gasteiger partial charge >= 0.3 is 0 Å². The highest BCUT2D eigenvalue weighted by atomic mass is 35.5. The predicted molar refractivity (Wildman–Crippen MR) is 48.6 cm³/mol. The van der Waals surface area contributed by atoms with Crippen molar-refractivity contribution in [2.24, 2.45) is 11.8 Å². The molecule has 1 unspecified atom stereocenters. The maximum absolute atomic E-state index is 10.5. The Labute approximate surface area is 73.4 Å². The first-order valence-electron chi connectivity index (χ1n) is 3.85. The van der Waals surface area contributed by atoms with Gasteiger partial charge in [0, 0.05) is 11.0 Å². The van der Waals surface area contributed by atoms with Crippen LogP contribution < -0.4 is 0 Å². The van der Waals surface area contributed by atoms with Crippen LogP contribution in [0.25, 0.3) is 0 Å². The van der Waals surface area contributed by atoms with Crippen LogP contribution in [-0.2, 0) is 4.79 Å². The Hall–Kier alpha value is -0.300. The Morgan fingerprint density at radius 1 is 1.55 bits per heavy atom. The van der Waals surface area contributed by atoms with Gasteiger partial charge < -0.3 is 4.79 Å². The number of carbonyl (C=O) groups is 1. The highest BCUT2D eigenvalue weighted by Crippen LogP contribution is 2.14. The molecule has 0 saturated heterocycles. The van der Waals surface area contributed by atoms with E-state index < -0.39 is 0 Å². The zero-order valence-electron chi connectivity index (χ0n) is 7.30. The van der Waals surface area contributed by atoms with E-state index in [9.17, 15) is 4.79 Å². The molecule has 0 radical (unpaired) electrons. The lowest BCUT2D eigenvalue weighted by Gasteiger charge is -2.10. The highest BCUT2D eigenvalue weighted by Gasteiger charge is 2.09. The molecule has 0 aliphatic carbocycles. The van der Waals surface area contributed by atoms with Crippen molar-refractivity contribution in [2.75, 3.05) is 0 Å². The number of hydrogen-bond acceptors (Lipinski definition) is 1. The summed E-state index contributed by atoms with van der Waals surface area (Å²) in [6, 6.07) is 0. The molecule has 0 saturated carbocycles. The van der Waals surface area contributed by atoms with Crippen LogP contribution in [0.15, 0.2) is 11.1 Å². The van der Waals surface area contributed by atoms with Crippen LogP contribution >= 0.6 is 11.6 Å². The second-order valence-corrected chi connectivity index (χ2v) is 3.67. The molecule has 0 fully saturated rings. The Kier molecular flexibility index (Phi) is 5.22. The Morgan fingerprint density at radius 3 is 2.36 bits per heavy atom. The molecule has 0 aromatic carbocycles. The molecule has 0 heterocycles. The third kappa shape index (κ3) is 5.02. The van der Waals surface area contributed by atoms with E-state index in [1.165, 1.54) is 0 Å². The molecule has 0 bridgehead atoms. The molecule has 0 spiro atoms. The minimum atomic E-state index is 0.115. The average molecular weight is 175 g/mol. The average Bonchev–Trinajstić information content (AvgIpc) is 1.87. The molecular formula is C9H15ClO. The molecular weight excluding hydrogens is 160 g/mol. The molecule has 0 rings (SSSR count). The molecule has 0 aliphatic heterocycles. The fraction of sp³-hybridized carbons (Fsp3) is 0.667. The number of halogens is 1. The summed E-state index contributed by atoms with van der Waals surface area (Å²) in [6.45, 7) is 5.90. The molecule has 11 heavy (non-hydrogen) atoms. The van der Waals surface area contributed by atoms with Crippen LogP contribution in [0.5, 0.6) is 0 Å².